The van der Waals surface area contributed by atoms with E-state index in [-0.39, 0.29) is 12.1 Å². The molecule has 0 bridgehead atoms. The van der Waals surface area contributed by atoms with Crippen LogP contribution in [0.5, 0.6) is 5.75 Å². The normalized spacial score (nSPS) is 15.2. The molecule has 150 valence electrons. The summed E-state index contributed by atoms with van der Waals surface area (Å²) < 4.78 is 5.58. The second kappa shape index (κ2) is 8.97. The highest BCUT2D eigenvalue weighted by atomic mass is 16.5. The molecule has 0 aromatic heterocycles. The van der Waals surface area contributed by atoms with Crippen molar-refractivity contribution in [2.24, 2.45) is 0 Å². The van der Waals surface area contributed by atoms with Crippen molar-refractivity contribution in [1.29, 1.82) is 0 Å². The number of fused-ring (bicyclic) bond motifs is 1. The zero-order valence-corrected chi connectivity index (χ0v) is 16.7. The molecule has 5 nitrogen and oxygen atoms in total. The molecule has 2 N–H and O–H groups in total. The van der Waals surface area contributed by atoms with Crippen LogP contribution in [0.25, 0.3) is 10.8 Å². The number of nitrogens with zero attached hydrogens (tertiary/aromatic N) is 1. The summed E-state index contributed by atoms with van der Waals surface area (Å²) in [4.78, 5) is 15.1. The molecule has 3 aromatic rings. The van der Waals surface area contributed by atoms with Crippen LogP contribution in [0, 0.1) is 0 Å². The molecule has 5 heteroatoms. The lowest BCUT2D eigenvalue weighted by Crippen LogP contribution is -2.38. The third-order valence-corrected chi connectivity index (χ3v) is 5.57. The van der Waals surface area contributed by atoms with Gasteiger partial charge >= 0.3 is 6.03 Å². The van der Waals surface area contributed by atoms with Crippen molar-refractivity contribution in [3.63, 3.8) is 0 Å². The van der Waals surface area contributed by atoms with Gasteiger partial charge < -0.3 is 15.4 Å². The van der Waals surface area contributed by atoms with Crippen molar-refractivity contribution in [1.82, 2.24) is 10.2 Å². The number of hydrogen-bond donors (Lipinski definition) is 2. The van der Waals surface area contributed by atoms with E-state index in [0.29, 0.717) is 6.54 Å². The first-order chi connectivity index (χ1) is 14.3. The Kier molecular flexibility index (Phi) is 5.96. The van der Waals surface area contributed by atoms with Gasteiger partial charge in [-0.15, -0.1) is 0 Å². The molecule has 0 radical (unpaired) electrons. The zero-order chi connectivity index (χ0) is 20.1. The largest absolute Gasteiger partial charge is 0.496 e. The number of methoxy groups -OCH3 is 1. The molecule has 0 saturated carbocycles. The first-order valence-corrected chi connectivity index (χ1v) is 10.2. The van der Waals surface area contributed by atoms with Crippen molar-refractivity contribution in [2.45, 2.75) is 18.9 Å². The molecule has 2 amide bonds. The number of benzene rings is 3. The average Bonchev–Trinajstić information content (AvgIpc) is 3.29. The van der Waals surface area contributed by atoms with Crippen molar-refractivity contribution in [2.75, 3.05) is 32.1 Å². The number of nitrogens with one attached hydrogen (secondary N) is 2. The Balaban J connectivity index is 1.49. The third-order valence-electron chi connectivity index (χ3n) is 5.57. The number of likely N-dealkylation sites (tertiary alicyclic amines) is 1. The molecule has 1 atom stereocenters. The summed E-state index contributed by atoms with van der Waals surface area (Å²) in [7, 11) is 1.69. The number of para-hydroxylation sites is 1. The van der Waals surface area contributed by atoms with Gasteiger partial charge in [0, 0.05) is 17.5 Å². The van der Waals surface area contributed by atoms with Gasteiger partial charge in [-0.25, -0.2) is 4.79 Å². The summed E-state index contributed by atoms with van der Waals surface area (Å²) in [6, 6.07) is 21.9. The number of hydrogen-bond acceptors (Lipinski definition) is 3. The van der Waals surface area contributed by atoms with Crippen molar-refractivity contribution in [3.05, 3.63) is 72.3 Å². The van der Waals surface area contributed by atoms with Crippen LogP contribution >= 0.6 is 0 Å². The summed E-state index contributed by atoms with van der Waals surface area (Å²) in [5.74, 6) is 0.862. The van der Waals surface area contributed by atoms with Gasteiger partial charge in [-0.05, 0) is 43.5 Å². The van der Waals surface area contributed by atoms with Crippen molar-refractivity contribution in [3.8, 4) is 5.75 Å². The Morgan fingerprint density at radius 1 is 1.00 bits per heavy atom. The Morgan fingerprint density at radius 3 is 2.55 bits per heavy atom. The molecule has 1 unspecified atom stereocenters. The molecule has 29 heavy (non-hydrogen) atoms. The van der Waals surface area contributed by atoms with E-state index in [1.165, 1.54) is 12.8 Å². The zero-order valence-electron chi connectivity index (χ0n) is 16.7. The number of carbonyl (C=O) groups is 1. The highest BCUT2D eigenvalue weighted by Crippen LogP contribution is 2.31. The van der Waals surface area contributed by atoms with Gasteiger partial charge in [-0.2, -0.15) is 0 Å². The van der Waals surface area contributed by atoms with Crippen molar-refractivity contribution >= 4 is 22.5 Å². The summed E-state index contributed by atoms with van der Waals surface area (Å²) >= 11 is 0. The van der Waals surface area contributed by atoms with Gasteiger partial charge in [-0.1, -0.05) is 54.6 Å². The summed E-state index contributed by atoms with van der Waals surface area (Å²) in [5.41, 5.74) is 1.93. The minimum atomic E-state index is -0.194. The molecule has 1 fully saturated rings. The molecule has 0 aliphatic carbocycles. The van der Waals surface area contributed by atoms with Gasteiger partial charge in [0.05, 0.1) is 18.8 Å². The van der Waals surface area contributed by atoms with E-state index in [4.69, 9.17) is 4.74 Å². The maximum atomic E-state index is 12.7. The van der Waals surface area contributed by atoms with Gasteiger partial charge in [-0.3, -0.25) is 4.90 Å². The number of urea groups is 1. The average molecular weight is 389 g/mol. The molecular weight excluding hydrogens is 362 g/mol. The van der Waals surface area contributed by atoms with Crippen molar-refractivity contribution < 1.29 is 9.53 Å². The summed E-state index contributed by atoms with van der Waals surface area (Å²) in [6.45, 7) is 2.60. The lowest BCUT2D eigenvalue weighted by Gasteiger charge is -2.29. The number of carbonyl (C=O) groups excluding carboxylic acids is 1. The van der Waals surface area contributed by atoms with Crippen LogP contribution in [0.4, 0.5) is 10.5 Å². The van der Waals surface area contributed by atoms with E-state index in [2.05, 4.69) is 21.6 Å². The van der Waals surface area contributed by atoms with Crippen LogP contribution in [0.2, 0.25) is 0 Å². The first kappa shape index (κ1) is 19.3. The predicted octanol–water partition coefficient (Wildman–Crippen LogP) is 4.81. The van der Waals surface area contributed by atoms with E-state index >= 15 is 0 Å². The molecule has 1 heterocycles. The Hall–Kier alpha value is -3.05. The Morgan fingerprint density at radius 2 is 1.72 bits per heavy atom. The van der Waals surface area contributed by atoms with E-state index in [1.54, 1.807) is 7.11 Å². The van der Waals surface area contributed by atoms with Crippen LogP contribution in [0.3, 0.4) is 0 Å². The number of amides is 2. The smallest absolute Gasteiger partial charge is 0.319 e. The van der Waals surface area contributed by atoms with Crippen LogP contribution in [-0.4, -0.2) is 37.7 Å². The van der Waals surface area contributed by atoms with E-state index in [1.807, 2.05) is 60.7 Å². The monoisotopic (exact) mass is 389 g/mol. The van der Waals surface area contributed by atoms with E-state index < -0.39 is 0 Å². The molecule has 1 aliphatic rings. The third kappa shape index (κ3) is 4.35. The highest BCUT2D eigenvalue weighted by Gasteiger charge is 2.26. The lowest BCUT2D eigenvalue weighted by atomic mass is 10.0. The molecule has 1 aliphatic heterocycles. The fourth-order valence-corrected chi connectivity index (χ4v) is 4.12. The van der Waals surface area contributed by atoms with Gasteiger partial charge in [0.25, 0.3) is 0 Å². The Labute approximate surface area is 171 Å². The van der Waals surface area contributed by atoms with Crippen LogP contribution in [-0.2, 0) is 0 Å². The minimum Gasteiger partial charge on any atom is -0.496 e. The second-order valence-corrected chi connectivity index (χ2v) is 7.36. The van der Waals surface area contributed by atoms with E-state index in [0.717, 1.165) is 40.9 Å². The van der Waals surface area contributed by atoms with Crippen LogP contribution in [0.1, 0.15) is 24.4 Å². The second-order valence-electron chi connectivity index (χ2n) is 7.36. The Bertz CT molecular complexity index is 977. The maximum absolute atomic E-state index is 12.7. The van der Waals surface area contributed by atoms with Crippen LogP contribution < -0.4 is 15.4 Å². The molecule has 1 saturated heterocycles. The fourth-order valence-electron chi connectivity index (χ4n) is 4.12. The van der Waals surface area contributed by atoms with Gasteiger partial charge in [0.1, 0.15) is 5.75 Å². The van der Waals surface area contributed by atoms with E-state index in [9.17, 15) is 4.79 Å². The number of rotatable bonds is 6. The standard InChI is InChI=1S/C24H27N3O2/c1-29-23-14-5-4-12-20(23)22(27-15-6-7-16-27)17-25-24(28)26-21-13-8-10-18-9-2-3-11-19(18)21/h2-5,8-14,22H,6-7,15-17H2,1H3,(H2,25,26,28). The molecule has 4 rings (SSSR count). The van der Waals surface area contributed by atoms with Gasteiger partial charge in [0.15, 0.2) is 0 Å². The number of anilines is 1. The first-order valence-electron chi connectivity index (χ1n) is 10.2. The summed E-state index contributed by atoms with van der Waals surface area (Å²) in [6.07, 6.45) is 2.38. The molecular formula is C24H27N3O2. The SMILES string of the molecule is COc1ccccc1C(CNC(=O)Nc1cccc2ccccc12)N1CCCC1. The fraction of sp³-hybridized carbons (Fsp3) is 0.292. The minimum absolute atomic E-state index is 0.0897. The highest BCUT2D eigenvalue weighted by molar-refractivity contribution is 6.01. The lowest BCUT2D eigenvalue weighted by molar-refractivity contribution is 0.224. The molecule has 0 spiro atoms. The van der Waals surface area contributed by atoms with Crippen LogP contribution in [0.15, 0.2) is 66.7 Å². The molecule has 3 aromatic carbocycles. The topological polar surface area (TPSA) is 53.6 Å². The van der Waals surface area contributed by atoms with Gasteiger partial charge in [0.2, 0.25) is 0 Å². The number of ether oxygens (including phenoxy) is 1. The summed E-state index contributed by atoms with van der Waals surface area (Å²) in [5, 5.41) is 8.23. The predicted molar refractivity (Wildman–Crippen MR) is 118 cm³/mol. The quantitative estimate of drug-likeness (QED) is 0.636. The maximum Gasteiger partial charge on any atom is 0.319 e.